The van der Waals surface area contributed by atoms with Gasteiger partial charge in [-0.15, -0.1) is 11.6 Å². The molecule has 5 aliphatic rings. The van der Waals surface area contributed by atoms with Crippen LogP contribution in [-0.2, 0) is 14.3 Å². The van der Waals surface area contributed by atoms with Gasteiger partial charge >= 0.3 is 5.97 Å². The van der Waals surface area contributed by atoms with E-state index >= 15 is 0 Å². The van der Waals surface area contributed by atoms with Gasteiger partial charge in [0.15, 0.2) is 6.61 Å². The van der Waals surface area contributed by atoms with Crippen LogP contribution in [0.2, 0.25) is 0 Å². The quantitative estimate of drug-likeness (QED) is 0.607. The van der Waals surface area contributed by atoms with Crippen molar-refractivity contribution in [1.29, 1.82) is 0 Å². The van der Waals surface area contributed by atoms with Gasteiger partial charge < -0.3 is 10.1 Å². The van der Waals surface area contributed by atoms with Gasteiger partial charge in [-0.3, -0.25) is 9.59 Å². The Kier molecular flexibility index (Phi) is 4.54. The first-order chi connectivity index (χ1) is 11.9. The summed E-state index contributed by atoms with van der Waals surface area (Å²) < 4.78 is 5.50. The first-order valence-corrected chi connectivity index (χ1v) is 10.4. The fourth-order valence-corrected chi connectivity index (χ4v) is 7.15. The van der Waals surface area contributed by atoms with Crippen LogP contribution in [0.4, 0.5) is 0 Å². The number of nitrogens with one attached hydrogen (secondary N) is 1. The molecule has 5 heteroatoms. The number of carbonyl (C=O) groups excluding carboxylic acids is 2. The highest BCUT2D eigenvalue weighted by Crippen LogP contribution is 2.64. The fourth-order valence-electron chi connectivity index (χ4n) is 6.45. The Bertz CT molecular complexity index is 549. The molecule has 0 aromatic rings. The molecule has 5 fully saturated rings. The minimum Gasteiger partial charge on any atom is -0.455 e. The zero-order chi connectivity index (χ0) is 17.7. The molecule has 4 nitrogen and oxygen atoms in total. The van der Waals surface area contributed by atoms with E-state index in [2.05, 4.69) is 12.2 Å². The maximum Gasteiger partial charge on any atom is 0.312 e. The van der Waals surface area contributed by atoms with E-state index in [4.69, 9.17) is 16.3 Å². The first kappa shape index (κ1) is 17.6. The standard InChI is InChI=1S/C20H30ClNO3/c1-13-4-2-3-5-16(13)22-17(23)11-25-18(24)19-7-14-6-15(8-19)10-20(21,9-14)12-19/h13-16H,2-12H2,1H3,(H,22,23)/t13-,14+,15+,16+,19?,20?/m0/s1. The monoisotopic (exact) mass is 367 g/mol. The van der Waals surface area contributed by atoms with Gasteiger partial charge in [-0.2, -0.15) is 0 Å². The highest BCUT2D eigenvalue weighted by Gasteiger charge is 2.60. The third-order valence-corrected chi connectivity index (χ3v) is 7.66. The third kappa shape index (κ3) is 3.43. The summed E-state index contributed by atoms with van der Waals surface area (Å²) in [5.41, 5.74) is -0.426. The van der Waals surface area contributed by atoms with Gasteiger partial charge in [-0.25, -0.2) is 0 Å². The minimum atomic E-state index is -0.426. The molecule has 0 aromatic heterocycles. The van der Waals surface area contributed by atoms with Crippen LogP contribution in [0.1, 0.15) is 71.1 Å². The molecular weight excluding hydrogens is 338 g/mol. The zero-order valence-electron chi connectivity index (χ0n) is 15.2. The summed E-state index contributed by atoms with van der Waals surface area (Å²) in [6, 6.07) is 0.227. The fraction of sp³-hybridized carbons (Fsp3) is 0.900. The zero-order valence-corrected chi connectivity index (χ0v) is 15.9. The Labute approximate surface area is 155 Å². The van der Waals surface area contributed by atoms with Gasteiger partial charge in [0.1, 0.15) is 0 Å². The molecule has 5 aliphatic carbocycles. The molecule has 0 aromatic carbocycles. The smallest absolute Gasteiger partial charge is 0.312 e. The Hall–Kier alpha value is -0.770. The van der Waals surface area contributed by atoms with Gasteiger partial charge in [0, 0.05) is 10.9 Å². The molecule has 0 aliphatic heterocycles. The molecule has 0 unspecified atom stereocenters. The molecular formula is C20H30ClNO3. The Morgan fingerprint density at radius 3 is 2.44 bits per heavy atom. The van der Waals surface area contributed by atoms with Crippen LogP contribution < -0.4 is 5.32 Å². The number of alkyl halides is 1. The van der Waals surface area contributed by atoms with E-state index in [1.54, 1.807) is 0 Å². The lowest BCUT2D eigenvalue weighted by Gasteiger charge is -2.58. The second kappa shape index (κ2) is 6.44. The topological polar surface area (TPSA) is 55.4 Å². The lowest BCUT2D eigenvalue weighted by Crippen LogP contribution is -2.56. The van der Waals surface area contributed by atoms with Crippen LogP contribution in [-0.4, -0.2) is 29.4 Å². The van der Waals surface area contributed by atoms with Crippen molar-refractivity contribution in [2.75, 3.05) is 6.61 Å². The molecule has 1 amide bonds. The van der Waals surface area contributed by atoms with Gasteiger partial charge in [0.2, 0.25) is 0 Å². The van der Waals surface area contributed by atoms with E-state index in [9.17, 15) is 9.59 Å². The van der Waals surface area contributed by atoms with Gasteiger partial charge in [0.25, 0.3) is 5.91 Å². The summed E-state index contributed by atoms with van der Waals surface area (Å²) in [4.78, 5) is 24.9. The van der Waals surface area contributed by atoms with E-state index < -0.39 is 5.41 Å². The summed E-state index contributed by atoms with van der Waals surface area (Å²) in [6.45, 7) is 2.04. The van der Waals surface area contributed by atoms with E-state index in [1.807, 2.05) is 0 Å². The molecule has 140 valence electrons. The molecule has 1 N–H and O–H groups in total. The number of hydrogen-bond donors (Lipinski definition) is 1. The van der Waals surface area contributed by atoms with E-state index in [1.165, 1.54) is 19.3 Å². The predicted molar refractivity (Wildman–Crippen MR) is 96.2 cm³/mol. The molecule has 4 bridgehead atoms. The number of ether oxygens (including phenoxy) is 1. The summed E-state index contributed by atoms with van der Waals surface area (Å²) in [7, 11) is 0. The molecule has 0 radical (unpaired) electrons. The Morgan fingerprint density at radius 1 is 1.12 bits per heavy atom. The van der Waals surface area contributed by atoms with Crippen molar-refractivity contribution in [2.45, 2.75) is 82.0 Å². The van der Waals surface area contributed by atoms with Crippen LogP contribution in [0.3, 0.4) is 0 Å². The molecule has 5 saturated carbocycles. The maximum absolute atomic E-state index is 12.8. The summed E-state index contributed by atoms with van der Waals surface area (Å²) in [5.74, 6) is 1.29. The SMILES string of the molecule is C[C@H]1CCCC[C@H]1NC(=O)COC(=O)C12C[C@H]3C[C@@H](CC(Cl)(C3)C1)C2. The average Bonchev–Trinajstić information content (AvgIpc) is 2.52. The van der Waals surface area contributed by atoms with Crippen molar-refractivity contribution in [1.82, 2.24) is 5.32 Å². The number of amides is 1. The Balaban J connectivity index is 1.32. The van der Waals surface area contributed by atoms with Crippen molar-refractivity contribution in [3.8, 4) is 0 Å². The van der Waals surface area contributed by atoms with Gasteiger partial charge in [0.05, 0.1) is 5.41 Å². The number of halogens is 1. The Morgan fingerprint density at radius 2 is 1.80 bits per heavy atom. The van der Waals surface area contributed by atoms with Crippen molar-refractivity contribution >= 4 is 23.5 Å². The van der Waals surface area contributed by atoms with Crippen molar-refractivity contribution < 1.29 is 14.3 Å². The molecule has 0 spiro atoms. The number of carbonyl (C=O) groups is 2. The third-order valence-electron chi connectivity index (χ3n) is 7.21. The number of esters is 1. The highest BCUT2D eigenvalue weighted by atomic mass is 35.5. The highest BCUT2D eigenvalue weighted by molar-refractivity contribution is 6.24. The second-order valence-electron chi connectivity index (χ2n) is 9.40. The van der Waals surface area contributed by atoms with Crippen LogP contribution >= 0.6 is 11.6 Å². The van der Waals surface area contributed by atoms with E-state index in [0.29, 0.717) is 17.8 Å². The lowest BCUT2D eigenvalue weighted by molar-refractivity contribution is -0.171. The van der Waals surface area contributed by atoms with Crippen LogP contribution in [0.5, 0.6) is 0 Å². The van der Waals surface area contributed by atoms with Crippen molar-refractivity contribution in [3.05, 3.63) is 0 Å². The van der Waals surface area contributed by atoms with E-state index in [-0.39, 0.29) is 29.4 Å². The summed E-state index contributed by atoms with van der Waals surface area (Å²) in [6.07, 6.45) is 10.4. The van der Waals surface area contributed by atoms with Crippen molar-refractivity contribution in [3.63, 3.8) is 0 Å². The van der Waals surface area contributed by atoms with Gasteiger partial charge in [-0.1, -0.05) is 19.8 Å². The number of rotatable bonds is 4. The minimum absolute atomic E-state index is 0.144. The molecule has 0 saturated heterocycles. The van der Waals surface area contributed by atoms with Crippen LogP contribution in [0.15, 0.2) is 0 Å². The lowest BCUT2D eigenvalue weighted by atomic mass is 9.49. The first-order valence-electron chi connectivity index (χ1n) is 10.0. The normalized spacial score (nSPS) is 45.2. The molecule has 25 heavy (non-hydrogen) atoms. The van der Waals surface area contributed by atoms with Crippen LogP contribution in [0, 0.1) is 23.2 Å². The molecule has 5 rings (SSSR count). The second-order valence-corrected chi connectivity index (χ2v) is 10.2. The predicted octanol–water partition coefficient (Wildman–Crippen LogP) is 3.80. The summed E-state index contributed by atoms with van der Waals surface area (Å²) >= 11 is 6.79. The largest absolute Gasteiger partial charge is 0.455 e. The molecule has 0 heterocycles. The average molecular weight is 368 g/mol. The van der Waals surface area contributed by atoms with Gasteiger partial charge in [-0.05, 0) is 69.1 Å². The van der Waals surface area contributed by atoms with Crippen LogP contribution in [0.25, 0.3) is 0 Å². The van der Waals surface area contributed by atoms with E-state index in [0.717, 1.165) is 44.9 Å². The number of hydrogen-bond acceptors (Lipinski definition) is 3. The maximum atomic E-state index is 12.8. The summed E-state index contributed by atoms with van der Waals surface area (Å²) in [5, 5.41) is 3.06. The molecule has 4 atom stereocenters. The van der Waals surface area contributed by atoms with Crippen molar-refractivity contribution in [2.24, 2.45) is 23.2 Å².